The number of hydrogen-bond acceptors (Lipinski definition) is 6. The van der Waals surface area contributed by atoms with Crippen molar-refractivity contribution in [3.05, 3.63) is 59.7 Å². The summed E-state index contributed by atoms with van der Waals surface area (Å²) in [7, 11) is 0. The molecule has 7 nitrogen and oxygen atoms in total. The van der Waals surface area contributed by atoms with Crippen LogP contribution >= 0.6 is 0 Å². The van der Waals surface area contributed by atoms with Crippen molar-refractivity contribution in [1.82, 2.24) is 19.7 Å². The van der Waals surface area contributed by atoms with E-state index >= 15 is 4.39 Å². The monoisotopic (exact) mass is 476 g/mol. The lowest BCUT2D eigenvalue weighted by atomic mass is 10.1. The summed E-state index contributed by atoms with van der Waals surface area (Å²) in [6.07, 6.45) is 4.47. The maximum atomic E-state index is 15.5. The molecule has 0 radical (unpaired) electrons. The van der Waals surface area contributed by atoms with E-state index in [0.717, 1.165) is 69.3 Å². The first-order valence-electron chi connectivity index (χ1n) is 11.5. The van der Waals surface area contributed by atoms with E-state index in [1.807, 2.05) is 6.92 Å². The van der Waals surface area contributed by atoms with Crippen LogP contribution in [0.15, 0.2) is 36.7 Å². The molecule has 2 heterocycles. The molecular weight excluding hydrogens is 445 g/mol. The number of ether oxygens (including phenoxy) is 1. The lowest BCUT2D eigenvalue weighted by molar-refractivity contribution is 0.0161. The maximum Gasteiger partial charge on any atom is 0.247 e. The number of morpholine rings is 1. The molecule has 2 aliphatic rings. The average Bonchev–Trinajstić information content (AvgIpc) is 3.47. The highest BCUT2D eigenvalue weighted by Crippen LogP contribution is 2.32. The van der Waals surface area contributed by atoms with Crippen LogP contribution < -0.4 is 10.6 Å². The molecule has 2 fully saturated rings. The molecule has 1 saturated carbocycles. The number of benzene rings is 2. The van der Waals surface area contributed by atoms with Crippen LogP contribution in [0.1, 0.15) is 27.7 Å². The Morgan fingerprint density at radius 2 is 1.74 bits per heavy atom. The first-order chi connectivity index (χ1) is 16.5. The van der Waals surface area contributed by atoms with Crippen LogP contribution in [0.2, 0.25) is 0 Å². The molecule has 3 aromatic rings. The summed E-state index contributed by atoms with van der Waals surface area (Å²) < 4.78 is 49.3. The van der Waals surface area contributed by atoms with Crippen molar-refractivity contribution in [3.8, 4) is 5.69 Å². The fourth-order valence-corrected chi connectivity index (χ4v) is 4.86. The quantitative estimate of drug-likeness (QED) is 0.528. The van der Waals surface area contributed by atoms with Gasteiger partial charge in [0.25, 0.3) is 0 Å². The zero-order valence-corrected chi connectivity index (χ0v) is 18.9. The summed E-state index contributed by atoms with van der Waals surface area (Å²) in [5.74, 6) is -1.75. The molecule has 1 saturated heterocycles. The Hall–Kier alpha value is -3.11. The minimum atomic E-state index is -0.720. The van der Waals surface area contributed by atoms with Gasteiger partial charge in [-0.2, -0.15) is 4.98 Å². The summed E-state index contributed by atoms with van der Waals surface area (Å²) in [5.41, 5.74) is 1.71. The van der Waals surface area contributed by atoms with Gasteiger partial charge in [-0.25, -0.2) is 17.9 Å². The van der Waals surface area contributed by atoms with Gasteiger partial charge < -0.3 is 15.4 Å². The second kappa shape index (κ2) is 9.63. The van der Waals surface area contributed by atoms with Crippen molar-refractivity contribution in [2.75, 3.05) is 36.9 Å². The summed E-state index contributed by atoms with van der Waals surface area (Å²) in [4.78, 5) is 6.55. The molecule has 2 unspecified atom stereocenters. The molecule has 1 aromatic heterocycles. The highest BCUT2D eigenvalue weighted by Gasteiger charge is 2.33. The normalized spacial score (nSPS) is 21.1. The van der Waals surface area contributed by atoms with Crippen LogP contribution in [0.4, 0.5) is 30.5 Å². The Labute approximate surface area is 198 Å². The Bertz CT molecular complexity index is 1150. The highest BCUT2D eigenvalue weighted by molar-refractivity contribution is 5.65. The molecule has 1 aliphatic heterocycles. The van der Waals surface area contributed by atoms with Gasteiger partial charge in [0.2, 0.25) is 5.95 Å². The molecule has 184 valence electrons. The van der Waals surface area contributed by atoms with Gasteiger partial charge in [0.15, 0.2) is 5.82 Å². The predicted molar refractivity (Wildman–Crippen MR) is 127 cm³/mol. The molecule has 5 rings (SSSR count). The number of nitrogens with zero attached hydrogens (tertiary/aromatic N) is 4. The lowest BCUT2D eigenvalue weighted by Gasteiger charge is -2.36. The first kappa shape index (κ1) is 22.7. The van der Waals surface area contributed by atoms with E-state index in [4.69, 9.17) is 4.74 Å². The van der Waals surface area contributed by atoms with Crippen LogP contribution in [0, 0.1) is 24.4 Å². The second-order valence-corrected chi connectivity index (χ2v) is 8.84. The van der Waals surface area contributed by atoms with Gasteiger partial charge in [0.1, 0.15) is 18.0 Å². The standard InChI is InChI=1S/C24H27F3N6O.2H2/c1-15-9-20(29-19-3-2-4-22(19)32-5-7-34-8-6-32)23(27)21(10-15)30-24-28-14-33(31-24)18-12-16(25)11-17(26)13-18;;/h9-14,19,22,29H,2-8H2,1H3,(H,30,31);2*1H. The van der Waals surface area contributed by atoms with Gasteiger partial charge in [0.05, 0.1) is 30.3 Å². The third-order valence-corrected chi connectivity index (χ3v) is 6.40. The smallest absolute Gasteiger partial charge is 0.247 e. The molecule has 0 spiro atoms. The molecule has 2 N–H and O–H groups in total. The first-order valence-corrected chi connectivity index (χ1v) is 11.5. The topological polar surface area (TPSA) is 67.2 Å². The molecule has 2 aromatic carbocycles. The van der Waals surface area contributed by atoms with Crippen molar-refractivity contribution < 1.29 is 20.8 Å². The summed E-state index contributed by atoms with van der Waals surface area (Å²) in [6.45, 7) is 5.16. The Morgan fingerprint density at radius 1 is 1.00 bits per heavy atom. The Kier molecular flexibility index (Phi) is 6.42. The summed E-state index contributed by atoms with van der Waals surface area (Å²) in [6, 6.07) is 7.05. The maximum absolute atomic E-state index is 15.5. The number of rotatable bonds is 6. The van der Waals surface area contributed by atoms with Gasteiger partial charge in [-0.3, -0.25) is 4.90 Å². The van der Waals surface area contributed by atoms with Crippen molar-refractivity contribution in [3.63, 3.8) is 0 Å². The molecule has 34 heavy (non-hydrogen) atoms. The van der Waals surface area contributed by atoms with Crippen LogP contribution in [-0.4, -0.2) is 58.1 Å². The van der Waals surface area contributed by atoms with E-state index < -0.39 is 17.5 Å². The van der Waals surface area contributed by atoms with Crippen LogP contribution in [0.3, 0.4) is 0 Å². The number of halogens is 3. The number of nitrogens with one attached hydrogen (secondary N) is 2. The van der Waals surface area contributed by atoms with E-state index in [1.54, 1.807) is 12.1 Å². The van der Waals surface area contributed by atoms with E-state index in [9.17, 15) is 8.78 Å². The molecule has 10 heteroatoms. The number of aryl methyl sites for hydroxylation is 1. The zero-order valence-electron chi connectivity index (χ0n) is 18.9. The number of anilines is 3. The fraction of sp³-hybridized carbons (Fsp3) is 0.417. The molecular formula is C24H31F3N6O. The van der Waals surface area contributed by atoms with Gasteiger partial charge >= 0.3 is 0 Å². The Morgan fingerprint density at radius 3 is 2.50 bits per heavy atom. The SMILES string of the molecule is Cc1cc(Nc2ncn(-c3cc(F)cc(F)c3)n2)c(F)c(NC2CCCC2N2CCOCC2)c1.[HH].[HH]. The van der Waals surface area contributed by atoms with Crippen LogP contribution in [0.5, 0.6) is 0 Å². The van der Waals surface area contributed by atoms with E-state index in [1.165, 1.54) is 11.0 Å². The minimum absolute atomic E-state index is 0. The van der Waals surface area contributed by atoms with E-state index in [2.05, 4.69) is 25.6 Å². The Balaban J connectivity index is 0.00000180. The third kappa shape index (κ3) is 4.88. The van der Waals surface area contributed by atoms with Crippen molar-refractivity contribution in [2.45, 2.75) is 38.3 Å². The zero-order chi connectivity index (χ0) is 23.7. The van der Waals surface area contributed by atoms with Crippen molar-refractivity contribution in [2.24, 2.45) is 0 Å². The second-order valence-electron chi connectivity index (χ2n) is 8.84. The van der Waals surface area contributed by atoms with Crippen molar-refractivity contribution >= 4 is 17.3 Å². The van der Waals surface area contributed by atoms with Gasteiger partial charge in [-0.05, 0) is 56.0 Å². The van der Waals surface area contributed by atoms with E-state index in [0.29, 0.717) is 11.7 Å². The molecule has 0 amide bonds. The van der Waals surface area contributed by atoms with Crippen molar-refractivity contribution in [1.29, 1.82) is 0 Å². The van der Waals surface area contributed by atoms with Crippen LogP contribution in [0.25, 0.3) is 5.69 Å². The number of aromatic nitrogens is 3. The minimum Gasteiger partial charge on any atom is -0.379 e. The van der Waals surface area contributed by atoms with E-state index in [-0.39, 0.29) is 26.2 Å². The lowest BCUT2D eigenvalue weighted by Crippen LogP contribution is -2.48. The third-order valence-electron chi connectivity index (χ3n) is 6.40. The predicted octanol–water partition coefficient (Wildman–Crippen LogP) is 4.89. The van der Waals surface area contributed by atoms with Gasteiger partial charge in [-0.1, -0.05) is 0 Å². The van der Waals surface area contributed by atoms with Crippen LogP contribution in [-0.2, 0) is 4.74 Å². The molecule has 2 atom stereocenters. The molecule has 1 aliphatic carbocycles. The average molecular weight is 477 g/mol. The molecule has 0 bridgehead atoms. The fourth-order valence-electron chi connectivity index (χ4n) is 4.86. The summed E-state index contributed by atoms with van der Waals surface area (Å²) >= 11 is 0. The highest BCUT2D eigenvalue weighted by atomic mass is 19.1. The largest absolute Gasteiger partial charge is 0.379 e. The van der Waals surface area contributed by atoms with Gasteiger partial charge in [-0.15, -0.1) is 5.10 Å². The van der Waals surface area contributed by atoms with Gasteiger partial charge in [0, 0.05) is 34.1 Å². The number of hydrogen-bond donors (Lipinski definition) is 2. The summed E-state index contributed by atoms with van der Waals surface area (Å²) in [5, 5.41) is 10.5.